The minimum Gasteiger partial charge on any atom is -0.393 e. The van der Waals surface area contributed by atoms with E-state index in [1.165, 1.54) is 12.0 Å². The van der Waals surface area contributed by atoms with Crippen molar-refractivity contribution in [2.45, 2.75) is 31.8 Å². The van der Waals surface area contributed by atoms with Gasteiger partial charge in [0.15, 0.2) is 0 Å². The van der Waals surface area contributed by atoms with Crippen LogP contribution in [0.25, 0.3) is 0 Å². The van der Waals surface area contributed by atoms with Gasteiger partial charge in [0, 0.05) is 0 Å². The van der Waals surface area contributed by atoms with Crippen LogP contribution in [0.2, 0.25) is 0 Å². The van der Waals surface area contributed by atoms with Crippen molar-refractivity contribution in [3.63, 3.8) is 0 Å². The molecular weight excluding hydrogens is 160 g/mol. The summed E-state index contributed by atoms with van der Waals surface area (Å²) in [7, 11) is 0. The van der Waals surface area contributed by atoms with Crippen LogP contribution in [0.4, 0.5) is 0 Å². The molecule has 1 heteroatoms. The molecule has 2 rings (SSSR count). The van der Waals surface area contributed by atoms with Crippen LogP contribution < -0.4 is 0 Å². The van der Waals surface area contributed by atoms with Gasteiger partial charge in [-0.1, -0.05) is 30.3 Å². The Morgan fingerprint density at radius 2 is 1.92 bits per heavy atom. The molecule has 1 aliphatic rings. The summed E-state index contributed by atoms with van der Waals surface area (Å²) in [5.41, 5.74) is 1.40. The molecule has 0 aromatic heterocycles. The molecule has 0 heterocycles. The fourth-order valence-electron chi connectivity index (χ4n) is 2.18. The van der Waals surface area contributed by atoms with E-state index in [0.717, 1.165) is 19.3 Å². The van der Waals surface area contributed by atoms with Gasteiger partial charge < -0.3 is 5.11 Å². The van der Waals surface area contributed by atoms with Gasteiger partial charge in [0.25, 0.3) is 0 Å². The van der Waals surface area contributed by atoms with Crippen LogP contribution in [-0.4, -0.2) is 11.2 Å². The van der Waals surface area contributed by atoms with Crippen molar-refractivity contribution in [2.75, 3.05) is 0 Å². The number of hydrogen-bond acceptors (Lipinski definition) is 1. The zero-order chi connectivity index (χ0) is 9.10. The van der Waals surface area contributed by atoms with E-state index in [4.69, 9.17) is 0 Å². The second kappa shape index (κ2) is 3.93. The second-order valence-corrected chi connectivity index (χ2v) is 4.02. The maximum atomic E-state index is 9.38. The molecule has 1 aromatic rings. The molecule has 0 bridgehead atoms. The molecule has 1 aliphatic carbocycles. The molecule has 0 amide bonds. The highest BCUT2D eigenvalue weighted by Gasteiger charge is 2.22. The predicted molar refractivity (Wildman–Crippen MR) is 53.5 cm³/mol. The minimum absolute atomic E-state index is 0.0336. The van der Waals surface area contributed by atoms with Crippen LogP contribution in [-0.2, 0) is 6.42 Å². The molecule has 1 fully saturated rings. The van der Waals surface area contributed by atoms with Gasteiger partial charge in [0.1, 0.15) is 0 Å². The molecule has 1 saturated carbocycles. The van der Waals surface area contributed by atoms with Gasteiger partial charge in [0.2, 0.25) is 0 Å². The molecule has 2 atom stereocenters. The quantitative estimate of drug-likeness (QED) is 0.733. The summed E-state index contributed by atoms with van der Waals surface area (Å²) in [6, 6.07) is 10.6. The molecule has 13 heavy (non-hydrogen) atoms. The maximum Gasteiger partial charge on any atom is 0.0543 e. The van der Waals surface area contributed by atoms with Gasteiger partial charge in [-0.05, 0) is 37.2 Å². The van der Waals surface area contributed by atoms with E-state index in [2.05, 4.69) is 24.3 Å². The maximum absolute atomic E-state index is 9.38. The van der Waals surface area contributed by atoms with E-state index in [9.17, 15) is 5.11 Å². The third kappa shape index (κ3) is 2.31. The van der Waals surface area contributed by atoms with E-state index in [1.807, 2.05) is 6.07 Å². The number of hydrogen-bond donors (Lipinski definition) is 1. The molecule has 1 N–H and O–H groups in total. The fourth-order valence-corrected chi connectivity index (χ4v) is 2.18. The van der Waals surface area contributed by atoms with E-state index in [0.29, 0.717) is 5.92 Å². The second-order valence-electron chi connectivity index (χ2n) is 4.02. The number of benzene rings is 1. The van der Waals surface area contributed by atoms with Gasteiger partial charge in [-0.3, -0.25) is 0 Å². The lowest BCUT2D eigenvalue weighted by molar-refractivity contribution is 0.177. The van der Waals surface area contributed by atoms with Crippen molar-refractivity contribution in [2.24, 2.45) is 5.92 Å². The van der Waals surface area contributed by atoms with Crippen molar-refractivity contribution in [1.82, 2.24) is 0 Å². The van der Waals surface area contributed by atoms with Gasteiger partial charge in [-0.2, -0.15) is 0 Å². The smallest absolute Gasteiger partial charge is 0.0543 e. The van der Waals surface area contributed by atoms with E-state index >= 15 is 0 Å². The molecule has 0 saturated heterocycles. The van der Waals surface area contributed by atoms with E-state index in [1.54, 1.807) is 0 Å². The van der Waals surface area contributed by atoms with Crippen LogP contribution in [0.5, 0.6) is 0 Å². The molecule has 0 aliphatic heterocycles. The van der Waals surface area contributed by atoms with Crippen molar-refractivity contribution < 1.29 is 5.11 Å². The van der Waals surface area contributed by atoms with Crippen molar-refractivity contribution in [1.29, 1.82) is 0 Å². The summed E-state index contributed by atoms with van der Waals surface area (Å²) in [5, 5.41) is 9.38. The lowest BCUT2D eigenvalue weighted by Crippen LogP contribution is -2.02. The van der Waals surface area contributed by atoms with Crippen molar-refractivity contribution in [3.05, 3.63) is 35.9 Å². The normalized spacial score (nSPS) is 27.8. The Morgan fingerprint density at radius 3 is 2.54 bits per heavy atom. The third-order valence-electron chi connectivity index (χ3n) is 2.88. The van der Waals surface area contributed by atoms with Crippen molar-refractivity contribution in [3.8, 4) is 0 Å². The third-order valence-corrected chi connectivity index (χ3v) is 2.88. The Morgan fingerprint density at radius 1 is 1.15 bits per heavy atom. The van der Waals surface area contributed by atoms with Gasteiger partial charge in [-0.25, -0.2) is 0 Å². The summed E-state index contributed by atoms with van der Waals surface area (Å²) in [6.07, 6.45) is 4.29. The summed E-state index contributed by atoms with van der Waals surface area (Å²) in [4.78, 5) is 0. The van der Waals surface area contributed by atoms with Gasteiger partial charge in [0.05, 0.1) is 6.10 Å². The summed E-state index contributed by atoms with van der Waals surface area (Å²) >= 11 is 0. The first-order chi connectivity index (χ1) is 6.34. The van der Waals surface area contributed by atoms with Crippen LogP contribution in [0.15, 0.2) is 30.3 Å². The Kier molecular flexibility index (Phi) is 2.65. The lowest BCUT2D eigenvalue weighted by Gasteiger charge is -2.08. The molecule has 2 unspecified atom stereocenters. The summed E-state index contributed by atoms with van der Waals surface area (Å²) in [6.45, 7) is 0. The predicted octanol–water partition coefficient (Wildman–Crippen LogP) is 2.39. The molecule has 1 nitrogen and oxygen atoms in total. The van der Waals surface area contributed by atoms with Gasteiger partial charge in [-0.15, -0.1) is 0 Å². The minimum atomic E-state index is -0.0336. The molecule has 1 aromatic carbocycles. The summed E-state index contributed by atoms with van der Waals surface area (Å²) < 4.78 is 0. The number of aliphatic hydroxyl groups is 1. The molecular formula is C12H16O. The highest BCUT2D eigenvalue weighted by Crippen LogP contribution is 2.28. The van der Waals surface area contributed by atoms with Gasteiger partial charge >= 0.3 is 0 Å². The Hall–Kier alpha value is -0.820. The molecule has 0 spiro atoms. The van der Waals surface area contributed by atoms with E-state index in [-0.39, 0.29) is 6.10 Å². The fraction of sp³-hybridized carbons (Fsp3) is 0.500. The zero-order valence-corrected chi connectivity index (χ0v) is 7.82. The largest absolute Gasteiger partial charge is 0.393 e. The van der Waals surface area contributed by atoms with Crippen LogP contribution in [0.3, 0.4) is 0 Å². The van der Waals surface area contributed by atoms with Crippen LogP contribution in [0.1, 0.15) is 24.8 Å². The Bertz CT molecular complexity index is 255. The highest BCUT2D eigenvalue weighted by molar-refractivity contribution is 5.15. The first-order valence-electron chi connectivity index (χ1n) is 5.06. The topological polar surface area (TPSA) is 20.2 Å². The molecule has 70 valence electrons. The first kappa shape index (κ1) is 8.76. The average molecular weight is 176 g/mol. The zero-order valence-electron chi connectivity index (χ0n) is 7.82. The molecule has 0 radical (unpaired) electrons. The summed E-state index contributed by atoms with van der Waals surface area (Å²) in [5.74, 6) is 0.706. The van der Waals surface area contributed by atoms with E-state index < -0.39 is 0 Å². The SMILES string of the molecule is OC1CCC(Cc2ccccc2)C1. The average Bonchev–Trinajstić information content (AvgIpc) is 2.53. The van der Waals surface area contributed by atoms with Crippen molar-refractivity contribution >= 4 is 0 Å². The Balaban J connectivity index is 1.92. The number of aliphatic hydroxyl groups excluding tert-OH is 1. The highest BCUT2D eigenvalue weighted by atomic mass is 16.3. The lowest BCUT2D eigenvalue weighted by atomic mass is 9.98. The van der Waals surface area contributed by atoms with Crippen LogP contribution >= 0.6 is 0 Å². The monoisotopic (exact) mass is 176 g/mol. The number of rotatable bonds is 2. The van der Waals surface area contributed by atoms with Crippen LogP contribution in [0, 0.1) is 5.92 Å². The Labute approximate surface area is 79.4 Å². The standard InChI is InChI=1S/C12H16O/c13-12-7-6-11(9-12)8-10-4-2-1-3-5-10/h1-5,11-13H,6-9H2. The first-order valence-corrected chi connectivity index (χ1v) is 5.06.